The lowest BCUT2D eigenvalue weighted by Crippen LogP contribution is -2.00. The summed E-state index contributed by atoms with van der Waals surface area (Å²) in [4.78, 5) is 12.8. The number of hydrogen-bond acceptors (Lipinski definition) is 5. The van der Waals surface area contributed by atoms with Crippen LogP contribution in [0.25, 0.3) is 0 Å². The number of nitriles is 1. The maximum Gasteiger partial charge on any atom is 0.337 e. The molecule has 0 unspecified atom stereocenters. The van der Waals surface area contributed by atoms with Crippen molar-refractivity contribution in [2.45, 2.75) is 9.79 Å². The first-order valence-electron chi connectivity index (χ1n) is 5.73. The third-order valence-corrected chi connectivity index (χ3v) is 3.66. The van der Waals surface area contributed by atoms with Crippen LogP contribution < -0.4 is 0 Å². The van der Waals surface area contributed by atoms with Crippen molar-refractivity contribution in [3.8, 4) is 11.8 Å². The van der Waals surface area contributed by atoms with Crippen LogP contribution in [0.3, 0.4) is 0 Å². The molecule has 0 atom stereocenters. The van der Waals surface area contributed by atoms with Crippen molar-refractivity contribution in [2.24, 2.45) is 0 Å². The average Bonchev–Trinajstić information content (AvgIpc) is 2.49. The third-order valence-electron chi connectivity index (χ3n) is 2.59. The molecule has 0 aromatic heterocycles. The molecule has 2 rings (SSSR count). The van der Waals surface area contributed by atoms with Gasteiger partial charge in [0.05, 0.1) is 29.2 Å². The standard InChI is InChI=1S/C15H11NO3S/c1-19-15(18)11-3-5-12(6-4-11)20-14-7-2-10(9-16)8-13(14)17/h2-8,17H,1H3. The minimum absolute atomic E-state index is 0.0612. The lowest BCUT2D eigenvalue weighted by molar-refractivity contribution is 0.0600. The summed E-state index contributed by atoms with van der Waals surface area (Å²) in [7, 11) is 1.33. The van der Waals surface area contributed by atoms with Crippen LogP contribution >= 0.6 is 11.8 Å². The first kappa shape index (κ1) is 14.0. The van der Waals surface area contributed by atoms with Crippen molar-refractivity contribution in [3.05, 3.63) is 53.6 Å². The fraction of sp³-hybridized carbons (Fsp3) is 0.0667. The van der Waals surface area contributed by atoms with E-state index in [2.05, 4.69) is 4.74 Å². The molecular weight excluding hydrogens is 274 g/mol. The van der Waals surface area contributed by atoms with E-state index in [1.807, 2.05) is 6.07 Å². The smallest absolute Gasteiger partial charge is 0.337 e. The number of phenols is 1. The summed E-state index contributed by atoms with van der Waals surface area (Å²) in [5.41, 5.74) is 0.883. The summed E-state index contributed by atoms with van der Waals surface area (Å²) < 4.78 is 4.62. The Hall–Kier alpha value is -2.45. The number of rotatable bonds is 3. The van der Waals surface area contributed by atoms with Gasteiger partial charge >= 0.3 is 5.97 Å². The van der Waals surface area contributed by atoms with Crippen LogP contribution in [0.2, 0.25) is 0 Å². The molecule has 100 valence electrons. The average molecular weight is 285 g/mol. The van der Waals surface area contributed by atoms with E-state index in [9.17, 15) is 9.90 Å². The molecule has 0 radical (unpaired) electrons. The Kier molecular flexibility index (Phi) is 4.28. The Morgan fingerprint density at radius 3 is 2.50 bits per heavy atom. The zero-order valence-electron chi connectivity index (χ0n) is 10.7. The summed E-state index contributed by atoms with van der Waals surface area (Å²) in [6.07, 6.45) is 0. The SMILES string of the molecule is COC(=O)c1ccc(Sc2ccc(C#N)cc2O)cc1. The molecule has 1 N–H and O–H groups in total. The quantitative estimate of drug-likeness (QED) is 0.877. The van der Waals surface area contributed by atoms with Crippen LogP contribution in [-0.4, -0.2) is 18.2 Å². The van der Waals surface area contributed by atoms with Gasteiger partial charge in [-0.1, -0.05) is 11.8 Å². The zero-order valence-corrected chi connectivity index (χ0v) is 11.5. The van der Waals surface area contributed by atoms with Crippen molar-refractivity contribution >= 4 is 17.7 Å². The zero-order chi connectivity index (χ0) is 14.5. The van der Waals surface area contributed by atoms with E-state index in [1.165, 1.54) is 24.9 Å². The molecule has 0 saturated heterocycles. The highest BCUT2D eigenvalue weighted by atomic mass is 32.2. The van der Waals surface area contributed by atoms with Gasteiger partial charge in [0.1, 0.15) is 5.75 Å². The maximum atomic E-state index is 11.3. The van der Waals surface area contributed by atoms with E-state index >= 15 is 0 Å². The van der Waals surface area contributed by atoms with Crippen molar-refractivity contribution in [1.29, 1.82) is 5.26 Å². The second-order valence-electron chi connectivity index (χ2n) is 3.91. The molecule has 5 heteroatoms. The third kappa shape index (κ3) is 3.11. The second-order valence-corrected chi connectivity index (χ2v) is 5.03. The largest absolute Gasteiger partial charge is 0.507 e. The van der Waals surface area contributed by atoms with Crippen molar-refractivity contribution in [3.63, 3.8) is 0 Å². The fourth-order valence-corrected chi connectivity index (χ4v) is 2.40. The van der Waals surface area contributed by atoms with Crippen LogP contribution in [0.1, 0.15) is 15.9 Å². The van der Waals surface area contributed by atoms with Crippen molar-refractivity contribution in [1.82, 2.24) is 0 Å². The molecule has 4 nitrogen and oxygen atoms in total. The predicted molar refractivity (Wildman–Crippen MR) is 74.7 cm³/mol. The van der Waals surface area contributed by atoms with Crippen molar-refractivity contribution in [2.75, 3.05) is 7.11 Å². The molecule has 2 aromatic carbocycles. The van der Waals surface area contributed by atoms with Gasteiger partial charge in [-0.15, -0.1) is 0 Å². The van der Waals surface area contributed by atoms with Gasteiger partial charge < -0.3 is 9.84 Å². The number of aromatic hydroxyl groups is 1. The molecule has 0 amide bonds. The molecule has 0 heterocycles. The van der Waals surface area contributed by atoms with E-state index in [0.717, 1.165) is 4.90 Å². The van der Waals surface area contributed by atoms with Gasteiger partial charge in [0.15, 0.2) is 0 Å². The normalized spacial score (nSPS) is 9.80. The number of hydrogen-bond donors (Lipinski definition) is 1. The highest BCUT2D eigenvalue weighted by Gasteiger charge is 2.07. The summed E-state index contributed by atoms with van der Waals surface area (Å²) in [5, 5.41) is 18.6. The molecule has 0 fully saturated rings. The number of ether oxygens (including phenoxy) is 1. The lowest BCUT2D eigenvalue weighted by Gasteiger charge is -2.05. The number of nitrogens with zero attached hydrogens (tertiary/aromatic N) is 1. The van der Waals surface area contributed by atoms with Gasteiger partial charge in [0.25, 0.3) is 0 Å². The topological polar surface area (TPSA) is 70.3 Å². The summed E-state index contributed by atoms with van der Waals surface area (Å²) in [6.45, 7) is 0. The summed E-state index contributed by atoms with van der Waals surface area (Å²) in [5.74, 6) is -0.325. The molecule has 0 aliphatic heterocycles. The van der Waals surface area contributed by atoms with Crippen LogP contribution in [0, 0.1) is 11.3 Å². The van der Waals surface area contributed by atoms with E-state index in [-0.39, 0.29) is 11.7 Å². The van der Waals surface area contributed by atoms with Crippen molar-refractivity contribution < 1.29 is 14.6 Å². The molecule has 0 aliphatic rings. The molecule has 0 aliphatic carbocycles. The Bertz CT molecular complexity index is 675. The first-order chi connectivity index (χ1) is 9.63. The van der Waals surface area contributed by atoms with Crippen LogP contribution in [0.4, 0.5) is 0 Å². The number of esters is 1. The van der Waals surface area contributed by atoms with Gasteiger partial charge in [-0.3, -0.25) is 0 Å². The number of carbonyl (C=O) groups is 1. The number of methoxy groups -OCH3 is 1. The number of phenolic OH excluding ortho intramolecular Hbond substituents is 1. The Balaban J connectivity index is 2.18. The van der Waals surface area contributed by atoms with E-state index in [4.69, 9.17) is 5.26 Å². The van der Waals surface area contributed by atoms with E-state index in [0.29, 0.717) is 16.0 Å². The Morgan fingerprint density at radius 2 is 1.95 bits per heavy atom. The number of carbonyl (C=O) groups excluding carboxylic acids is 1. The molecular formula is C15H11NO3S. The van der Waals surface area contributed by atoms with E-state index in [1.54, 1.807) is 36.4 Å². The molecule has 20 heavy (non-hydrogen) atoms. The minimum Gasteiger partial charge on any atom is -0.507 e. The van der Waals surface area contributed by atoms with Gasteiger partial charge in [-0.25, -0.2) is 4.79 Å². The summed E-state index contributed by atoms with van der Waals surface area (Å²) >= 11 is 1.35. The molecule has 0 spiro atoms. The van der Waals surface area contributed by atoms with Gasteiger partial charge in [-0.2, -0.15) is 5.26 Å². The Morgan fingerprint density at radius 1 is 1.25 bits per heavy atom. The minimum atomic E-state index is -0.386. The Labute approximate surface area is 120 Å². The second kappa shape index (κ2) is 6.13. The monoisotopic (exact) mass is 285 g/mol. The molecule has 2 aromatic rings. The van der Waals surface area contributed by atoms with E-state index < -0.39 is 0 Å². The highest BCUT2D eigenvalue weighted by Crippen LogP contribution is 2.34. The van der Waals surface area contributed by atoms with Gasteiger partial charge in [0, 0.05) is 4.90 Å². The fourth-order valence-electron chi connectivity index (χ4n) is 1.58. The van der Waals surface area contributed by atoms with Crippen LogP contribution in [0.15, 0.2) is 52.3 Å². The lowest BCUT2D eigenvalue weighted by atomic mass is 10.2. The molecule has 0 bridgehead atoms. The first-order valence-corrected chi connectivity index (χ1v) is 6.55. The summed E-state index contributed by atoms with van der Waals surface area (Å²) in [6, 6.07) is 13.6. The molecule has 0 saturated carbocycles. The number of benzene rings is 2. The van der Waals surface area contributed by atoms with Crippen LogP contribution in [-0.2, 0) is 4.74 Å². The van der Waals surface area contributed by atoms with Gasteiger partial charge in [0.2, 0.25) is 0 Å². The predicted octanol–water partition coefficient (Wildman–Crippen LogP) is 3.20. The van der Waals surface area contributed by atoms with Crippen LogP contribution in [0.5, 0.6) is 5.75 Å². The highest BCUT2D eigenvalue weighted by molar-refractivity contribution is 7.99. The van der Waals surface area contributed by atoms with Gasteiger partial charge in [-0.05, 0) is 42.5 Å². The maximum absolute atomic E-state index is 11.3.